The molecule has 2 aromatic carbocycles. The first-order valence-corrected chi connectivity index (χ1v) is 7.59. The van der Waals surface area contributed by atoms with Gasteiger partial charge in [0, 0.05) is 27.6 Å². The summed E-state index contributed by atoms with van der Waals surface area (Å²) in [6.45, 7) is 2.82. The van der Waals surface area contributed by atoms with Crippen LogP contribution in [0.4, 0.5) is 0 Å². The van der Waals surface area contributed by atoms with Gasteiger partial charge >= 0.3 is 0 Å². The lowest BCUT2D eigenvalue weighted by molar-refractivity contribution is 0.406. The van der Waals surface area contributed by atoms with Gasteiger partial charge in [0.1, 0.15) is 5.75 Å². The van der Waals surface area contributed by atoms with E-state index in [2.05, 4.69) is 34.2 Å². The molecule has 0 heterocycles. The fourth-order valence-corrected chi connectivity index (χ4v) is 2.79. The minimum atomic E-state index is 0.174. The summed E-state index contributed by atoms with van der Waals surface area (Å²) in [5, 5.41) is 4.26. The Labute approximate surface area is 133 Å². The highest BCUT2D eigenvalue weighted by molar-refractivity contribution is 9.10. The topological polar surface area (TPSA) is 21.3 Å². The predicted octanol–water partition coefficient (Wildman–Crippen LogP) is 4.96. The van der Waals surface area contributed by atoms with Crippen molar-refractivity contribution in [1.82, 2.24) is 5.32 Å². The molecule has 0 aromatic heterocycles. The lowest BCUT2D eigenvalue weighted by Gasteiger charge is -2.17. The molecule has 0 saturated carbocycles. The van der Waals surface area contributed by atoms with Crippen molar-refractivity contribution < 1.29 is 4.74 Å². The maximum atomic E-state index is 6.21. The van der Waals surface area contributed by atoms with Crippen LogP contribution in [0, 0.1) is 0 Å². The fourth-order valence-electron chi connectivity index (χ4n) is 2.08. The van der Waals surface area contributed by atoms with Crippen molar-refractivity contribution in [2.75, 3.05) is 7.11 Å². The maximum absolute atomic E-state index is 6.21. The van der Waals surface area contributed by atoms with Crippen LogP contribution in [0.2, 0.25) is 5.02 Å². The molecule has 2 nitrogen and oxygen atoms in total. The normalized spacial score (nSPS) is 12.2. The number of benzene rings is 2. The second kappa shape index (κ2) is 7.11. The van der Waals surface area contributed by atoms with Crippen molar-refractivity contribution in [3.8, 4) is 5.75 Å². The summed E-state index contributed by atoms with van der Waals surface area (Å²) >= 11 is 9.70. The molecule has 20 heavy (non-hydrogen) atoms. The van der Waals surface area contributed by atoms with E-state index in [1.807, 2.05) is 36.4 Å². The second-order valence-electron chi connectivity index (χ2n) is 4.58. The van der Waals surface area contributed by atoms with E-state index in [1.165, 1.54) is 0 Å². The minimum Gasteiger partial charge on any atom is -0.496 e. The van der Waals surface area contributed by atoms with Gasteiger partial charge in [-0.25, -0.2) is 0 Å². The molecule has 106 valence electrons. The number of halogens is 2. The van der Waals surface area contributed by atoms with Gasteiger partial charge in [-0.15, -0.1) is 0 Å². The Morgan fingerprint density at radius 3 is 2.70 bits per heavy atom. The third kappa shape index (κ3) is 3.75. The molecule has 4 heteroatoms. The monoisotopic (exact) mass is 353 g/mol. The summed E-state index contributed by atoms with van der Waals surface area (Å²) in [7, 11) is 1.68. The quantitative estimate of drug-likeness (QED) is 0.819. The van der Waals surface area contributed by atoms with Gasteiger partial charge in [0.05, 0.1) is 7.11 Å². The molecular weight excluding hydrogens is 338 g/mol. The molecule has 0 spiro atoms. The van der Waals surface area contributed by atoms with Crippen LogP contribution in [0.1, 0.15) is 24.1 Å². The van der Waals surface area contributed by atoms with Crippen LogP contribution in [-0.2, 0) is 6.54 Å². The Kier molecular flexibility index (Phi) is 5.46. The number of methoxy groups -OCH3 is 1. The predicted molar refractivity (Wildman–Crippen MR) is 87.4 cm³/mol. The largest absolute Gasteiger partial charge is 0.496 e. The van der Waals surface area contributed by atoms with Crippen LogP contribution in [0.3, 0.4) is 0 Å². The molecule has 2 rings (SSSR count). The Hall–Kier alpha value is -1.03. The number of ether oxygens (including phenoxy) is 1. The van der Waals surface area contributed by atoms with Crippen molar-refractivity contribution >= 4 is 27.5 Å². The lowest BCUT2D eigenvalue weighted by Crippen LogP contribution is -2.18. The summed E-state index contributed by atoms with van der Waals surface area (Å²) in [5.41, 5.74) is 2.21. The van der Waals surface area contributed by atoms with Crippen LogP contribution in [-0.4, -0.2) is 7.11 Å². The van der Waals surface area contributed by atoms with E-state index in [4.69, 9.17) is 16.3 Å². The average Bonchev–Trinajstić information content (AvgIpc) is 2.45. The van der Waals surface area contributed by atoms with E-state index in [0.717, 1.165) is 32.9 Å². The highest BCUT2D eigenvalue weighted by Crippen LogP contribution is 2.25. The van der Waals surface area contributed by atoms with Crippen LogP contribution < -0.4 is 10.1 Å². The molecule has 0 amide bonds. The Morgan fingerprint density at radius 1 is 1.25 bits per heavy atom. The molecule has 0 saturated heterocycles. The van der Waals surface area contributed by atoms with E-state index >= 15 is 0 Å². The van der Waals surface area contributed by atoms with Gasteiger partial charge in [0.2, 0.25) is 0 Å². The number of hydrogen-bond donors (Lipinski definition) is 1. The Morgan fingerprint density at radius 2 is 2.00 bits per heavy atom. The van der Waals surface area contributed by atoms with E-state index < -0.39 is 0 Å². The number of nitrogens with one attached hydrogen (secondary N) is 1. The first kappa shape index (κ1) is 15.4. The molecule has 0 fully saturated rings. The van der Waals surface area contributed by atoms with Crippen LogP contribution in [0.15, 0.2) is 46.9 Å². The molecule has 2 aromatic rings. The van der Waals surface area contributed by atoms with Crippen molar-refractivity contribution in [3.63, 3.8) is 0 Å². The smallest absolute Gasteiger partial charge is 0.123 e. The summed E-state index contributed by atoms with van der Waals surface area (Å²) in [4.78, 5) is 0. The molecule has 0 unspecified atom stereocenters. The Balaban J connectivity index is 2.09. The van der Waals surface area contributed by atoms with Crippen LogP contribution in [0.25, 0.3) is 0 Å². The molecule has 0 aliphatic carbocycles. The van der Waals surface area contributed by atoms with Gasteiger partial charge in [0.15, 0.2) is 0 Å². The SMILES string of the molecule is COc1ccc(Br)cc1CN[C@@H](C)c1ccccc1Cl. The van der Waals surface area contributed by atoms with E-state index in [1.54, 1.807) is 7.11 Å². The van der Waals surface area contributed by atoms with Crippen molar-refractivity contribution in [1.29, 1.82) is 0 Å². The van der Waals surface area contributed by atoms with Crippen molar-refractivity contribution in [2.45, 2.75) is 19.5 Å². The van der Waals surface area contributed by atoms with Crippen LogP contribution in [0.5, 0.6) is 5.75 Å². The standard InChI is InChI=1S/C16H17BrClNO/c1-11(14-5-3-4-6-15(14)18)19-10-12-9-13(17)7-8-16(12)20-2/h3-9,11,19H,10H2,1-2H3/t11-/m0/s1. The molecule has 0 aliphatic heterocycles. The zero-order valence-electron chi connectivity index (χ0n) is 11.5. The molecule has 0 radical (unpaired) electrons. The number of hydrogen-bond acceptors (Lipinski definition) is 2. The highest BCUT2D eigenvalue weighted by Gasteiger charge is 2.10. The minimum absolute atomic E-state index is 0.174. The molecular formula is C16H17BrClNO. The average molecular weight is 355 g/mol. The van der Waals surface area contributed by atoms with Crippen molar-refractivity contribution in [3.05, 3.63) is 63.1 Å². The van der Waals surface area contributed by atoms with Gasteiger partial charge in [-0.05, 0) is 36.8 Å². The van der Waals surface area contributed by atoms with E-state index in [-0.39, 0.29) is 6.04 Å². The maximum Gasteiger partial charge on any atom is 0.123 e. The first-order chi connectivity index (χ1) is 9.61. The zero-order valence-corrected chi connectivity index (χ0v) is 13.8. The summed E-state index contributed by atoms with van der Waals surface area (Å²) in [6.07, 6.45) is 0. The van der Waals surface area contributed by atoms with Gasteiger partial charge in [-0.1, -0.05) is 45.7 Å². The third-order valence-electron chi connectivity index (χ3n) is 3.21. The highest BCUT2D eigenvalue weighted by atomic mass is 79.9. The van der Waals surface area contributed by atoms with Crippen LogP contribution >= 0.6 is 27.5 Å². The number of rotatable bonds is 5. The van der Waals surface area contributed by atoms with Gasteiger partial charge in [-0.3, -0.25) is 0 Å². The van der Waals surface area contributed by atoms with Gasteiger partial charge in [-0.2, -0.15) is 0 Å². The molecule has 1 atom stereocenters. The zero-order chi connectivity index (χ0) is 14.5. The molecule has 0 aliphatic rings. The van der Waals surface area contributed by atoms with Gasteiger partial charge < -0.3 is 10.1 Å². The third-order valence-corrected chi connectivity index (χ3v) is 4.05. The Bertz CT molecular complexity index is 588. The van der Waals surface area contributed by atoms with E-state index in [9.17, 15) is 0 Å². The first-order valence-electron chi connectivity index (χ1n) is 6.42. The summed E-state index contributed by atoms with van der Waals surface area (Å²) in [5.74, 6) is 0.882. The second-order valence-corrected chi connectivity index (χ2v) is 5.90. The van der Waals surface area contributed by atoms with Crippen molar-refractivity contribution in [2.24, 2.45) is 0 Å². The van der Waals surface area contributed by atoms with E-state index in [0.29, 0.717) is 0 Å². The molecule has 1 N–H and O–H groups in total. The summed E-state index contributed by atoms with van der Waals surface area (Å²) < 4.78 is 6.42. The molecule has 0 bridgehead atoms. The lowest BCUT2D eigenvalue weighted by atomic mass is 10.1. The summed E-state index contributed by atoms with van der Waals surface area (Å²) in [6, 6.07) is 14.1. The fraction of sp³-hybridized carbons (Fsp3) is 0.250. The van der Waals surface area contributed by atoms with Gasteiger partial charge in [0.25, 0.3) is 0 Å².